The van der Waals surface area contributed by atoms with Gasteiger partial charge in [-0.25, -0.2) is 4.98 Å². The van der Waals surface area contributed by atoms with Crippen molar-refractivity contribution in [3.05, 3.63) is 16.6 Å². The fraction of sp³-hybridized carbons (Fsp3) is 0.600. The molecule has 1 fully saturated rings. The van der Waals surface area contributed by atoms with Gasteiger partial charge >= 0.3 is 5.97 Å². The molecular weight excluding hydrogens is 212 g/mol. The lowest BCUT2D eigenvalue weighted by Gasteiger charge is -2.17. The van der Waals surface area contributed by atoms with E-state index in [1.54, 1.807) is 10.9 Å². The second-order valence-corrected chi connectivity index (χ2v) is 4.55. The highest BCUT2D eigenvalue weighted by atomic mass is 32.1. The summed E-state index contributed by atoms with van der Waals surface area (Å²) in [5.74, 6) is -0.840. The molecule has 1 aliphatic carbocycles. The van der Waals surface area contributed by atoms with Crippen molar-refractivity contribution in [3.8, 4) is 0 Å². The molecule has 0 spiro atoms. The number of rotatable bonds is 4. The van der Waals surface area contributed by atoms with Crippen LogP contribution in [-0.4, -0.2) is 22.1 Å². The third-order valence-corrected chi connectivity index (χ3v) is 3.36. The van der Waals surface area contributed by atoms with Gasteiger partial charge in [-0.15, -0.1) is 11.3 Å². The normalized spacial score (nSPS) is 19.2. The van der Waals surface area contributed by atoms with E-state index in [0.717, 1.165) is 12.8 Å². The van der Waals surface area contributed by atoms with Gasteiger partial charge in [0.05, 0.1) is 11.2 Å². The Morgan fingerprint density at radius 1 is 1.60 bits per heavy atom. The Balaban J connectivity index is 2.03. The van der Waals surface area contributed by atoms with E-state index >= 15 is 0 Å². The molecule has 0 bridgehead atoms. The van der Waals surface area contributed by atoms with Crippen molar-refractivity contribution in [1.82, 2.24) is 10.3 Å². The van der Waals surface area contributed by atoms with Crippen molar-refractivity contribution < 1.29 is 9.90 Å². The van der Waals surface area contributed by atoms with E-state index in [1.807, 2.05) is 0 Å². The molecule has 1 unspecified atom stereocenters. The number of carboxylic acid groups (broad SMARTS) is 1. The minimum atomic E-state index is -0.840. The van der Waals surface area contributed by atoms with E-state index in [9.17, 15) is 4.79 Å². The van der Waals surface area contributed by atoms with E-state index in [2.05, 4.69) is 10.3 Å². The van der Waals surface area contributed by atoms with Gasteiger partial charge in [0, 0.05) is 11.4 Å². The van der Waals surface area contributed by atoms with Crippen LogP contribution in [0.15, 0.2) is 10.9 Å². The van der Waals surface area contributed by atoms with Gasteiger partial charge in [-0.2, -0.15) is 0 Å². The maximum atomic E-state index is 11.1. The maximum absolute atomic E-state index is 11.1. The van der Waals surface area contributed by atoms with Crippen molar-refractivity contribution >= 4 is 17.3 Å². The topological polar surface area (TPSA) is 62.2 Å². The standard InChI is InChI=1S/C10H14N2O2S/c13-10(14)9(8-5-15-6-11-8)12-7-3-1-2-4-7/h5-7,9,12H,1-4H2,(H,13,14). The van der Waals surface area contributed by atoms with Crippen molar-refractivity contribution in [2.75, 3.05) is 0 Å². The van der Waals surface area contributed by atoms with Crippen LogP contribution < -0.4 is 5.32 Å². The van der Waals surface area contributed by atoms with Gasteiger partial charge in [0.15, 0.2) is 0 Å². The summed E-state index contributed by atoms with van der Waals surface area (Å²) < 4.78 is 0. The molecule has 82 valence electrons. The van der Waals surface area contributed by atoms with Crippen LogP contribution >= 0.6 is 11.3 Å². The summed E-state index contributed by atoms with van der Waals surface area (Å²) in [6.07, 6.45) is 4.55. The van der Waals surface area contributed by atoms with E-state index < -0.39 is 12.0 Å². The van der Waals surface area contributed by atoms with Crippen LogP contribution in [0.1, 0.15) is 37.4 Å². The Bertz CT molecular complexity index is 320. The zero-order valence-electron chi connectivity index (χ0n) is 8.35. The second-order valence-electron chi connectivity index (χ2n) is 3.83. The lowest BCUT2D eigenvalue weighted by molar-refractivity contribution is -0.140. The van der Waals surface area contributed by atoms with Gasteiger partial charge in [0.2, 0.25) is 0 Å². The van der Waals surface area contributed by atoms with E-state index in [1.165, 1.54) is 24.2 Å². The smallest absolute Gasteiger partial charge is 0.327 e. The molecule has 0 aromatic carbocycles. The van der Waals surface area contributed by atoms with Crippen LogP contribution in [0, 0.1) is 0 Å². The quantitative estimate of drug-likeness (QED) is 0.821. The molecule has 15 heavy (non-hydrogen) atoms. The summed E-state index contributed by atoms with van der Waals surface area (Å²) in [6.45, 7) is 0. The first-order valence-corrected chi connectivity index (χ1v) is 6.08. The highest BCUT2D eigenvalue weighted by Crippen LogP contribution is 2.22. The van der Waals surface area contributed by atoms with Crippen LogP contribution in [0.4, 0.5) is 0 Å². The van der Waals surface area contributed by atoms with Crippen LogP contribution in [-0.2, 0) is 4.79 Å². The molecule has 1 saturated carbocycles. The molecule has 0 aliphatic heterocycles. The third kappa shape index (κ3) is 2.54. The lowest BCUT2D eigenvalue weighted by atomic mass is 10.1. The van der Waals surface area contributed by atoms with Crippen molar-refractivity contribution in [3.63, 3.8) is 0 Å². The monoisotopic (exact) mass is 226 g/mol. The molecule has 0 saturated heterocycles. The molecule has 0 amide bonds. The minimum Gasteiger partial charge on any atom is -0.480 e. The predicted octanol–water partition coefficient (Wildman–Crippen LogP) is 1.80. The number of hydrogen-bond acceptors (Lipinski definition) is 4. The van der Waals surface area contributed by atoms with Gasteiger partial charge in [0.25, 0.3) is 0 Å². The number of nitrogens with zero attached hydrogens (tertiary/aromatic N) is 1. The molecule has 5 heteroatoms. The van der Waals surface area contributed by atoms with E-state index in [4.69, 9.17) is 5.11 Å². The molecule has 1 heterocycles. The van der Waals surface area contributed by atoms with Crippen molar-refractivity contribution in [2.24, 2.45) is 0 Å². The van der Waals surface area contributed by atoms with Gasteiger partial charge in [0.1, 0.15) is 6.04 Å². The van der Waals surface area contributed by atoms with E-state index in [-0.39, 0.29) is 0 Å². The second kappa shape index (κ2) is 4.72. The average Bonchev–Trinajstić information content (AvgIpc) is 2.87. The Morgan fingerprint density at radius 3 is 2.87 bits per heavy atom. The molecule has 1 aromatic rings. The van der Waals surface area contributed by atoms with Gasteiger partial charge < -0.3 is 5.11 Å². The van der Waals surface area contributed by atoms with E-state index in [0.29, 0.717) is 11.7 Å². The Morgan fingerprint density at radius 2 is 2.33 bits per heavy atom. The van der Waals surface area contributed by atoms with Gasteiger partial charge in [-0.05, 0) is 12.8 Å². The maximum Gasteiger partial charge on any atom is 0.327 e. The highest BCUT2D eigenvalue weighted by Gasteiger charge is 2.26. The van der Waals surface area contributed by atoms with Crippen molar-refractivity contribution in [2.45, 2.75) is 37.8 Å². The minimum absolute atomic E-state index is 0.341. The summed E-state index contributed by atoms with van der Waals surface area (Å²) in [5.41, 5.74) is 2.29. The summed E-state index contributed by atoms with van der Waals surface area (Å²) in [4.78, 5) is 15.1. The van der Waals surface area contributed by atoms with Crippen LogP contribution in [0.25, 0.3) is 0 Å². The summed E-state index contributed by atoms with van der Waals surface area (Å²) in [6, 6.07) is -0.299. The molecule has 1 aromatic heterocycles. The number of thiazole rings is 1. The molecular formula is C10H14N2O2S. The number of aromatic nitrogens is 1. The SMILES string of the molecule is O=C(O)C(NC1CCCC1)c1cscn1. The number of carboxylic acids is 1. The first-order valence-electron chi connectivity index (χ1n) is 5.14. The fourth-order valence-electron chi connectivity index (χ4n) is 1.98. The number of aliphatic carboxylic acids is 1. The third-order valence-electron chi connectivity index (χ3n) is 2.75. The first-order chi connectivity index (χ1) is 7.27. The zero-order chi connectivity index (χ0) is 10.7. The molecule has 1 atom stereocenters. The molecule has 4 nitrogen and oxygen atoms in total. The number of hydrogen-bond donors (Lipinski definition) is 2. The van der Waals surface area contributed by atoms with Crippen LogP contribution in [0.5, 0.6) is 0 Å². The average molecular weight is 226 g/mol. The Kier molecular flexibility index (Phi) is 3.33. The predicted molar refractivity (Wildman–Crippen MR) is 57.9 cm³/mol. The lowest BCUT2D eigenvalue weighted by Crippen LogP contribution is -2.35. The summed E-state index contributed by atoms with van der Waals surface area (Å²) in [5, 5.41) is 14.1. The summed E-state index contributed by atoms with van der Waals surface area (Å²) in [7, 11) is 0. The van der Waals surface area contributed by atoms with Crippen LogP contribution in [0.2, 0.25) is 0 Å². The molecule has 0 radical (unpaired) electrons. The largest absolute Gasteiger partial charge is 0.480 e. The Hall–Kier alpha value is -0.940. The van der Waals surface area contributed by atoms with Crippen molar-refractivity contribution in [1.29, 1.82) is 0 Å². The summed E-state index contributed by atoms with van der Waals surface area (Å²) >= 11 is 1.43. The van der Waals surface area contributed by atoms with Gasteiger partial charge in [-0.3, -0.25) is 10.1 Å². The Labute approximate surface area is 92.3 Å². The molecule has 1 aliphatic rings. The number of nitrogens with one attached hydrogen (secondary N) is 1. The number of carbonyl (C=O) groups is 1. The first kappa shape index (κ1) is 10.6. The van der Waals surface area contributed by atoms with Crippen LogP contribution in [0.3, 0.4) is 0 Å². The fourth-order valence-corrected chi connectivity index (χ4v) is 2.56. The van der Waals surface area contributed by atoms with Gasteiger partial charge in [-0.1, -0.05) is 12.8 Å². The zero-order valence-corrected chi connectivity index (χ0v) is 9.17. The highest BCUT2D eigenvalue weighted by molar-refractivity contribution is 7.07. The molecule has 2 rings (SSSR count). The molecule has 2 N–H and O–H groups in total.